The van der Waals surface area contributed by atoms with E-state index in [1.165, 1.54) is 12.8 Å². The van der Waals surface area contributed by atoms with E-state index in [0.717, 1.165) is 38.2 Å². The Kier molecular flexibility index (Phi) is 4.18. The number of benzene rings is 1. The maximum Gasteiger partial charge on any atom is 0.269 e. The summed E-state index contributed by atoms with van der Waals surface area (Å²) in [6.45, 7) is 3.20. The molecule has 1 atom stereocenters. The normalized spacial score (nSPS) is 25.5. The van der Waals surface area contributed by atoms with E-state index in [4.69, 9.17) is 10.1 Å². The van der Waals surface area contributed by atoms with Gasteiger partial charge in [-0.1, -0.05) is 17.3 Å². The second kappa shape index (κ2) is 6.49. The third-order valence-corrected chi connectivity index (χ3v) is 5.21. The number of nitrogens with zero attached hydrogens (tertiary/aromatic N) is 3. The number of likely N-dealkylation sites (tertiary alicyclic amines) is 1. The molecule has 1 aromatic rings. The fourth-order valence-electron chi connectivity index (χ4n) is 3.58. The zero-order valence-corrected chi connectivity index (χ0v) is 14.2. The van der Waals surface area contributed by atoms with Gasteiger partial charge in [0.2, 0.25) is 0 Å². The highest BCUT2D eigenvalue weighted by molar-refractivity contribution is 6.39. The van der Waals surface area contributed by atoms with Gasteiger partial charge in [0, 0.05) is 39.0 Å². The molecule has 1 N–H and O–H groups in total. The number of hydrogen-bond acceptors (Lipinski definition) is 5. The molecule has 6 heteroatoms. The van der Waals surface area contributed by atoms with Gasteiger partial charge in [-0.25, -0.2) is 0 Å². The van der Waals surface area contributed by atoms with Crippen molar-refractivity contribution in [2.45, 2.75) is 37.8 Å². The summed E-state index contributed by atoms with van der Waals surface area (Å²) in [7, 11) is 0. The first-order chi connectivity index (χ1) is 12.2. The summed E-state index contributed by atoms with van der Waals surface area (Å²) >= 11 is 0. The van der Waals surface area contributed by atoms with E-state index in [0.29, 0.717) is 23.6 Å². The lowest BCUT2D eigenvalue weighted by atomic mass is 9.96. The standard InChI is InChI=1S/C19H22N4O2/c20-10-15-2-1-3-16(8-15)12-23-7-6-19(13-23)9-17(22-25-19)18(24)21-11-14-4-5-14/h1-3,8,14H,4-7,9,11-13H2,(H,21,24)/t19-/m1/s1. The zero-order valence-electron chi connectivity index (χ0n) is 14.2. The number of carbonyl (C=O) groups excluding carboxylic acids is 1. The molecule has 25 heavy (non-hydrogen) atoms. The molecule has 1 spiro atoms. The van der Waals surface area contributed by atoms with Crippen molar-refractivity contribution in [2.24, 2.45) is 11.1 Å². The van der Waals surface area contributed by atoms with Crippen molar-refractivity contribution in [2.75, 3.05) is 19.6 Å². The van der Waals surface area contributed by atoms with Crippen LogP contribution in [0.1, 0.15) is 36.8 Å². The molecule has 1 aromatic carbocycles. The molecule has 130 valence electrons. The fourth-order valence-corrected chi connectivity index (χ4v) is 3.58. The molecule has 1 aliphatic carbocycles. The van der Waals surface area contributed by atoms with Gasteiger partial charge in [-0.2, -0.15) is 5.26 Å². The van der Waals surface area contributed by atoms with Crippen molar-refractivity contribution in [3.63, 3.8) is 0 Å². The van der Waals surface area contributed by atoms with E-state index in [9.17, 15) is 4.79 Å². The molecular formula is C19H22N4O2. The summed E-state index contributed by atoms with van der Waals surface area (Å²) in [6.07, 6.45) is 3.89. The van der Waals surface area contributed by atoms with Crippen LogP contribution in [0.3, 0.4) is 0 Å². The Morgan fingerprint density at radius 2 is 2.36 bits per heavy atom. The van der Waals surface area contributed by atoms with Crippen LogP contribution in [-0.4, -0.2) is 41.8 Å². The smallest absolute Gasteiger partial charge is 0.269 e. The quantitative estimate of drug-likeness (QED) is 0.888. The Hall–Kier alpha value is -2.39. The second-order valence-electron chi connectivity index (χ2n) is 7.42. The Labute approximate surface area is 147 Å². The second-order valence-corrected chi connectivity index (χ2v) is 7.42. The minimum Gasteiger partial charge on any atom is -0.387 e. The van der Waals surface area contributed by atoms with Crippen LogP contribution in [0.4, 0.5) is 0 Å². The molecule has 1 saturated heterocycles. The lowest BCUT2D eigenvalue weighted by molar-refractivity contribution is -0.115. The molecular weight excluding hydrogens is 316 g/mol. The number of amides is 1. The first-order valence-electron chi connectivity index (χ1n) is 8.90. The van der Waals surface area contributed by atoms with Gasteiger partial charge in [0.05, 0.1) is 11.6 Å². The van der Waals surface area contributed by atoms with Crippen LogP contribution in [0, 0.1) is 17.2 Å². The van der Waals surface area contributed by atoms with Crippen LogP contribution in [0.25, 0.3) is 0 Å². The lowest BCUT2D eigenvalue weighted by Gasteiger charge is -2.21. The largest absolute Gasteiger partial charge is 0.387 e. The van der Waals surface area contributed by atoms with Gasteiger partial charge in [-0.15, -0.1) is 0 Å². The maximum absolute atomic E-state index is 12.2. The Balaban J connectivity index is 1.31. The molecule has 0 radical (unpaired) electrons. The number of nitrogens with one attached hydrogen (secondary N) is 1. The van der Waals surface area contributed by atoms with Crippen LogP contribution in [0.15, 0.2) is 29.4 Å². The van der Waals surface area contributed by atoms with Gasteiger partial charge in [0.1, 0.15) is 5.71 Å². The van der Waals surface area contributed by atoms with Gasteiger partial charge < -0.3 is 10.2 Å². The molecule has 2 heterocycles. The number of rotatable bonds is 5. The predicted octanol–water partition coefficient (Wildman–Crippen LogP) is 1.81. The zero-order chi connectivity index (χ0) is 17.3. The monoisotopic (exact) mass is 338 g/mol. The summed E-state index contributed by atoms with van der Waals surface area (Å²) in [6, 6.07) is 9.87. The Bertz CT molecular complexity index is 750. The highest BCUT2D eigenvalue weighted by Gasteiger charge is 2.46. The van der Waals surface area contributed by atoms with Crippen LogP contribution >= 0.6 is 0 Å². The van der Waals surface area contributed by atoms with E-state index >= 15 is 0 Å². The maximum atomic E-state index is 12.2. The van der Waals surface area contributed by atoms with E-state index in [1.807, 2.05) is 24.3 Å². The number of hydrogen-bond donors (Lipinski definition) is 1. The molecule has 4 rings (SSSR count). The van der Waals surface area contributed by atoms with E-state index in [-0.39, 0.29) is 11.5 Å². The van der Waals surface area contributed by atoms with Crippen molar-refractivity contribution < 1.29 is 9.63 Å². The van der Waals surface area contributed by atoms with Crippen molar-refractivity contribution in [1.29, 1.82) is 5.26 Å². The van der Waals surface area contributed by atoms with Crippen LogP contribution in [0.2, 0.25) is 0 Å². The summed E-state index contributed by atoms with van der Waals surface area (Å²) in [5.74, 6) is 0.580. The summed E-state index contributed by atoms with van der Waals surface area (Å²) in [5, 5.41) is 16.1. The van der Waals surface area contributed by atoms with Crippen LogP contribution < -0.4 is 5.32 Å². The summed E-state index contributed by atoms with van der Waals surface area (Å²) < 4.78 is 0. The van der Waals surface area contributed by atoms with Gasteiger partial charge in [-0.3, -0.25) is 9.69 Å². The number of oxime groups is 1. The van der Waals surface area contributed by atoms with Crippen molar-refractivity contribution in [1.82, 2.24) is 10.2 Å². The van der Waals surface area contributed by atoms with Gasteiger partial charge in [0.15, 0.2) is 5.60 Å². The lowest BCUT2D eigenvalue weighted by Crippen LogP contribution is -2.37. The first-order valence-corrected chi connectivity index (χ1v) is 8.90. The van der Waals surface area contributed by atoms with E-state index < -0.39 is 0 Å². The molecule has 3 aliphatic rings. The average Bonchev–Trinajstić information content (AvgIpc) is 3.25. The SMILES string of the molecule is N#Cc1cccc(CN2CC[C@@]3(CC(C(=O)NCC4CC4)=NO3)C2)c1. The molecule has 6 nitrogen and oxygen atoms in total. The van der Waals surface area contributed by atoms with Gasteiger partial charge in [-0.05, 0) is 36.5 Å². The van der Waals surface area contributed by atoms with E-state index in [2.05, 4.69) is 21.4 Å². The predicted molar refractivity (Wildman–Crippen MR) is 92.7 cm³/mol. The highest BCUT2D eigenvalue weighted by Crippen LogP contribution is 2.34. The van der Waals surface area contributed by atoms with Crippen molar-refractivity contribution in [3.05, 3.63) is 35.4 Å². The third kappa shape index (κ3) is 3.67. The van der Waals surface area contributed by atoms with Crippen molar-refractivity contribution in [3.8, 4) is 6.07 Å². The summed E-state index contributed by atoms with van der Waals surface area (Å²) in [4.78, 5) is 20.2. The average molecular weight is 338 g/mol. The molecule has 0 aromatic heterocycles. The van der Waals surface area contributed by atoms with Crippen LogP contribution in [-0.2, 0) is 16.2 Å². The summed E-state index contributed by atoms with van der Waals surface area (Å²) in [5.41, 5.74) is 1.96. The van der Waals surface area contributed by atoms with Gasteiger partial charge >= 0.3 is 0 Å². The molecule has 0 bridgehead atoms. The van der Waals surface area contributed by atoms with Gasteiger partial charge in [0.25, 0.3) is 5.91 Å². The van der Waals surface area contributed by atoms with Crippen molar-refractivity contribution >= 4 is 11.6 Å². The van der Waals surface area contributed by atoms with E-state index in [1.54, 1.807) is 0 Å². The molecule has 1 amide bonds. The minimum absolute atomic E-state index is 0.0797. The molecule has 2 aliphatic heterocycles. The molecule has 1 saturated carbocycles. The highest BCUT2D eigenvalue weighted by atomic mass is 16.7. The number of carbonyl (C=O) groups is 1. The number of nitriles is 1. The first kappa shape index (κ1) is 16.1. The Morgan fingerprint density at radius 1 is 1.48 bits per heavy atom. The topological polar surface area (TPSA) is 77.7 Å². The third-order valence-electron chi connectivity index (χ3n) is 5.21. The fraction of sp³-hybridized carbons (Fsp3) is 0.526. The Morgan fingerprint density at radius 3 is 3.16 bits per heavy atom. The molecule has 0 unspecified atom stereocenters. The minimum atomic E-state index is -0.362. The molecule has 2 fully saturated rings. The van der Waals surface area contributed by atoms with Crippen LogP contribution in [0.5, 0.6) is 0 Å².